The van der Waals surface area contributed by atoms with Crippen molar-refractivity contribution in [1.82, 2.24) is 14.5 Å². The molecule has 122 valence electrons. The lowest BCUT2D eigenvalue weighted by atomic mass is 10.2. The lowest BCUT2D eigenvalue weighted by Crippen LogP contribution is -2.37. The van der Waals surface area contributed by atoms with Crippen LogP contribution < -0.4 is 0 Å². The SMILES string of the molecule is COC(=O)[C@@H]1C[C@@H](O)CN1Cc1nccn1Cc1ccccc1. The number of hydrogen-bond acceptors (Lipinski definition) is 5. The van der Waals surface area contributed by atoms with E-state index in [-0.39, 0.29) is 5.97 Å². The Morgan fingerprint density at radius 2 is 2.13 bits per heavy atom. The largest absolute Gasteiger partial charge is 0.468 e. The Bertz CT molecular complexity index is 656. The number of methoxy groups -OCH3 is 1. The van der Waals surface area contributed by atoms with Gasteiger partial charge in [-0.15, -0.1) is 0 Å². The number of imidazole rings is 1. The van der Waals surface area contributed by atoms with Crippen LogP contribution in [0.1, 0.15) is 17.8 Å². The summed E-state index contributed by atoms with van der Waals surface area (Å²) in [4.78, 5) is 18.2. The third kappa shape index (κ3) is 3.60. The van der Waals surface area contributed by atoms with Gasteiger partial charge in [-0.2, -0.15) is 0 Å². The molecule has 6 heteroatoms. The molecule has 1 aromatic heterocycles. The molecule has 1 saturated heterocycles. The highest BCUT2D eigenvalue weighted by molar-refractivity contribution is 5.76. The van der Waals surface area contributed by atoms with Crippen molar-refractivity contribution in [2.75, 3.05) is 13.7 Å². The maximum Gasteiger partial charge on any atom is 0.323 e. The summed E-state index contributed by atoms with van der Waals surface area (Å²) < 4.78 is 6.90. The van der Waals surface area contributed by atoms with Crippen LogP contribution in [0, 0.1) is 0 Å². The Labute approximate surface area is 135 Å². The zero-order chi connectivity index (χ0) is 16.2. The van der Waals surface area contributed by atoms with Crippen LogP contribution >= 0.6 is 0 Å². The zero-order valence-corrected chi connectivity index (χ0v) is 13.1. The first-order valence-electron chi connectivity index (χ1n) is 7.71. The second-order valence-corrected chi connectivity index (χ2v) is 5.81. The molecule has 6 nitrogen and oxygen atoms in total. The van der Waals surface area contributed by atoms with Crippen molar-refractivity contribution in [1.29, 1.82) is 0 Å². The van der Waals surface area contributed by atoms with Gasteiger partial charge in [0.2, 0.25) is 0 Å². The summed E-state index contributed by atoms with van der Waals surface area (Å²) in [5.74, 6) is 0.569. The average molecular weight is 315 g/mol. The van der Waals surface area contributed by atoms with E-state index < -0.39 is 12.1 Å². The zero-order valence-electron chi connectivity index (χ0n) is 13.1. The first kappa shape index (κ1) is 15.7. The molecule has 0 saturated carbocycles. The summed E-state index contributed by atoms with van der Waals surface area (Å²) in [6.07, 6.45) is 3.60. The number of likely N-dealkylation sites (tertiary alicyclic amines) is 1. The molecule has 1 aromatic carbocycles. The van der Waals surface area contributed by atoms with Gasteiger partial charge in [0.1, 0.15) is 11.9 Å². The second-order valence-electron chi connectivity index (χ2n) is 5.81. The Balaban J connectivity index is 1.73. The number of carbonyl (C=O) groups excluding carboxylic acids is 1. The Morgan fingerprint density at radius 1 is 1.35 bits per heavy atom. The fourth-order valence-electron chi connectivity index (χ4n) is 3.03. The van der Waals surface area contributed by atoms with Crippen LogP contribution in [0.5, 0.6) is 0 Å². The number of carbonyl (C=O) groups is 1. The van der Waals surface area contributed by atoms with Crippen molar-refractivity contribution < 1.29 is 14.6 Å². The van der Waals surface area contributed by atoms with Crippen molar-refractivity contribution in [3.8, 4) is 0 Å². The molecule has 2 atom stereocenters. The van der Waals surface area contributed by atoms with Gasteiger partial charge in [-0.1, -0.05) is 30.3 Å². The number of rotatable bonds is 5. The molecular formula is C17H21N3O3. The molecule has 1 aliphatic heterocycles. The van der Waals surface area contributed by atoms with Gasteiger partial charge in [-0.25, -0.2) is 4.98 Å². The molecule has 1 aliphatic rings. The number of aliphatic hydroxyl groups excluding tert-OH is 1. The standard InChI is InChI=1S/C17H21N3O3/c1-23-17(22)15-9-14(21)11-20(15)12-16-18-7-8-19(16)10-13-5-3-2-4-6-13/h2-8,14-15,21H,9-12H2,1H3/t14-,15+/m1/s1. The minimum Gasteiger partial charge on any atom is -0.468 e. The molecule has 2 aromatic rings. The van der Waals surface area contributed by atoms with Crippen LogP contribution in [0.2, 0.25) is 0 Å². The Hall–Kier alpha value is -2.18. The van der Waals surface area contributed by atoms with E-state index in [1.165, 1.54) is 12.7 Å². The summed E-state index contributed by atoms with van der Waals surface area (Å²) >= 11 is 0. The molecule has 1 fully saturated rings. The van der Waals surface area contributed by atoms with Crippen molar-refractivity contribution in [2.45, 2.75) is 31.7 Å². The Kier molecular flexibility index (Phi) is 4.73. The van der Waals surface area contributed by atoms with E-state index >= 15 is 0 Å². The normalized spacial score (nSPS) is 21.5. The van der Waals surface area contributed by atoms with E-state index in [2.05, 4.69) is 21.7 Å². The summed E-state index contributed by atoms with van der Waals surface area (Å²) in [5, 5.41) is 9.87. The monoisotopic (exact) mass is 315 g/mol. The van der Waals surface area contributed by atoms with Crippen LogP contribution in [-0.2, 0) is 22.6 Å². The van der Waals surface area contributed by atoms with E-state index in [9.17, 15) is 9.90 Å². The van der Waals surface area contributed by atoms with Gasteiger partial charge >= 0.3 is 5.97 Å². The third-order valence-electron chi connectivity index (χ3n) is 4.20. The van der Waals surface area contributed by atoms with Crippen molar-refractivity contribution in [3.05, 3.63) is 54.1 Å². The van der Waals surface area contributed by atoms with Crippen LogP contribution in [-0.4, -0.2) is 51.3 Å². The minimum atomic E-state index is -0.503. The predicted molar refractivity (Wildman–Crippen MR) is 84.6 cm³/mol. The highest BCUT2D eigenvalue weighted by Gasteiger charge is 2.37. The molecule has 1 N–H and O–H groups in total. The highest BCUT2D eigenvalue weighted by atomic mass is 16.5. The van der Waals surface area contributed by atoms with Crippen LogP contribution in [0.15, 0.2) is 42.7 Å². The van der Waals surface area contributed by atoms with E-state index in [4.69, 9.17) is 4.74 Å². The third-order valence-corrected chi connectivity index (χ3v) is 4.20. The Morgan fingerprint density at radius 3 is 2.87 bits per heavy atom. The number of esters is 1. The van der Waals surface area contributed by atoms with Crippen molar-refractivity contribution >= 4 is 5.97 Å². The first-order valence-corrected chi connectivity index (χ1v) is 7.71. The molecule has 23 heavy (non-hydrogen) atoms. The fraction of sp³-hybridized carbons (Fsp3) is 0.412. The van der Waals surface area contributed by atoms with Gasteiger partial charge in [0.05, 0.1) is 19.8 Å². The molecule has 0 bridgehead atoms. The minimum absolute atomic E-state index is 0.303. The lowest BCUT2D eigenvalue weighted by Gasteiger charge is -2.22. The van der Waals surface area contributed by atoms with E-state index in [1.54, 1.807) is 6.20 Å². The number of benzene rings is 1. The average Bonchev–Trinajstić information content (AvgIpc) is 3.15. The molecule has 0 unspecified atom stereocenters. The quantitative estimate of drug-likeness (QED) is 0.835. The molecule has 0 amide bonds. The second kappa shape index (κ2) is 6.93. The van der Waals surface area contributed by atoms with E-state index in [0.29, 0.717) is 19.5 Å². The summed E-state index contributed by atoms with van der Waals surface area (Å²) in [6, 6.07) is 9.75. The van der Waals surface area contributed by atoms with Gasteiger partial charge in [0, 0.05) is 31.9 Å². The predicted octanol–water partition coefficient (Wildman–Crippen LogP) is 1.04. The molecule has 0 aliphatic carbocycles. The summed E-state index contributed by atoms with van der Waals surface area (Å²) in [6.45, 7) is 1.70. The van der Waals surface area contributed by atoms with Gasteiger partial charge in [-0.3, -0.25) is 9.69 Å². The van der Waals surface area contributed by atoms with E-state index in [1.807, 2.05) is 29.3 Å². The number of ether oxygens (including phenoxy) is 1. The lowest BCUT2D eigenvalue weighted by molar-refractivity contribution is -0.146. The fourth-order valence-corrected chi connectivity index (χ4v) is 3.03. The smallest absolute Gasteiger partial charge is 0.323 e. The van der Waals surface area contributed by atoms with Crippen LogP contribution in [0.4, 0.5) is 0 Å². The number of aliphatic hydroxyl groups is 1. The number of hydrogen-bond donors (Lipinski definition) is 1. The van der Waals surface area contributed by atoms with E-state index in [0.717, 1.165) is 12.4 Å². The van der Waals surface area contributed by atoms with Crippen molar-refractivity contribution in [3.63, 3.8) is 0 Å². The highest BCUT2D eigenvalue weighted by Crippen LogP contribution is 2.21. The molecule has 3 rings (SSSR count). The van der Waals surface area contributed by atoms with Crippen LogP contribution in [0.3, 0.4) is 0 Å². The maximum absolute atomic E-state index is 11.9. The maximum atomic E-state index is 11.9. The molecule has 0 spiro atoms. The first-order chi connectivity index (χ1) is 11.2. The molecule has 2 heterocycles. The topological polar surface area (TPSA) is 67.6 Å². The number of aromatic nitrogens is 2. The molecular weight excluding hydrogens is 294 g/mol. The molecule has 0 radical (unpaired) electrons. The van der Waals surface area contributed by atoms with Gasteiger partial charge < -0.3 is 14.4 Å². The summed E-state index contributed by atoms with van der Waals surface area (Å²) in [5.41, 5.74) is 1.19. The van der Waals surface area contributed by atoms with Crippen LogP contribution in [0.25, 0.3) is 0 Å². The number of nitrogens with zero attached hydrogens (tertiary/aromatic N) is 3. The van der Waals surface area contributed by atoms with Gasteiger partial charge in [0.15, 0.2) is 0 Å². The summed E-state index contributed by atoms with van der Waals surface area (Å²) in [7, 11) is 1.38. The van der Waals surface area contributed by atoms with Crippen molar-refractivity contribution in [2.24, 2.45) is 0 Å². The van der Waals surface area contributed by atoms with Gasteiger partial charge in [0.25, 0.3) is 0 Å². The number of β-amino-alcohol motifs (C(OH)–C–C–N with tert-alkyl or cyclic N) is 1. The van der Waals surface area contributed by atoms with Gasteiger partial charge in [-0.05, 0) is 5.56 Å².